The van der Waals surface area contributed by atoms with E-state index in [-0.39, 0.29) is 17.7 Å². The van der Waals surface area contributed by atoms with Crippen LogP contribution in [0.5, 0.6) is 0 Å². The van der Waals surface area contributed by atoms with Crippen LogP contribution in [0.25, 0.3) is 0 Å². The highest BCUT2D eigenvalue weighted by Crippen LogP contribution is 2.23. The molecule has 2 rings (SSSR count). The Kier molecular flexibility index (Phi) is 5.73. The van der Waals surface area contributed by atoms with Gasteiger partial charge in [-0.25, -0.2) is 8.78 Å². The van der Waals surface area contributed by atoms with Gasteiger partial charge < -0.3 is 5.32 Å². The molecule has 1 unspecified atom stereocenters. The van der Waals surface area contributed by atoms with Crippen molar-refractivity contribution in [3.8, 4) is 0 Å². The molecule has 0 radical (unpaired) electrons. The van der Waals surface area contributed by atoms with Crippen LogP contribution in [0.3, 0.4) is 0 Å². The van der Waals surface area contributed by atoms with Crippen LogP contribution in [0, 0.1) is 11.6 Å². The van der Waals surface area contributed by atoms with Crippen LogP contribution in [-0.2, 0) is 12.8 Å². The highest BCUT2D eigenvalue weighted by atomic mass is 79.9. The van der Waals surface area contributed by atoms with Crippen molar-refractivity contribution in [2.75, 3.05) is 7.05 Å². The maximum absolute atomic E-state index is 13.3. The fraction of sp³-hybridized carbons (Fsp3) is 0.250. The first-order valence-corrected chi connectivity index (χ1v) is 7.72. The summed E-state index contributed by atoms with van der Waals surface area (Å²) in [5.74, 6) is -0.611. The molecule has 0 spiro atoms. The van der Waals surface area contributed by atoms with Gasteiger partial charge in [-0.15, -0.1) is 0 Å². The maximum atomic E-state index is 13.3. The number of likely N-dealkylation sites (N-methyl/N-ethyl adjacent to an activating group) is 1. The van der Waals surface area contributed by atoms with Gasteiger partial charge in [0.05, 0.1) is 0 Å². The summed E-state index contributed by atoms with van der Waals surface area (Å²) < 4.78 is 27.3. The van der Waals surface area contributed by atoms with Gasteiger partial charge in [0.25, 0.3) is 0 Å². The van der Waals surface area contributed by atoms with Crippen LogP contribution < -0.4 is 5.32 Å². The molecule has 2 aromatic carbocycles. The zero-order valence-electron chi connectivity index (χ0n) is 11.5. The smallest absolute Gasteiger partial charge is 0.124 e. The average molecular weight is 375 g/mol. The minimum absolute atomic E-state index is 0.0751. The Hall–Kier alpha value is -0.970. The van der Waals surface area contributed by atoms with Gasteiger partial charge >= 0.3 is 0 Å². The van der Waals surface area contributed by atoms with E-state index in [0.717, 1.165) is 15.6 Å². The lowest BCUT2D eigenvalue weighted by Gasteiger charge is -2.18. The molecular weight excluding hydrogens is 360 g/mol. The Balaban J connectivity index is 2.14. The molecule has 1 N–H and O–H groups in total. The molecule has 0 fully saturated rings. The summed E-state index contributed by atoms with van der Waals surface area (Å²) in [6.45, 7) is 0. The first-order valence-electron chi connectivity index (χ1n) is 6.54. The summed E-state index contributed by atoms with van der Waals surface area (Å²) >= 11 is 9.48. The van der Waals surface area contributed by atoms with Gasteiger partial charge in [-0.3, -0.25) is 0 Å². The quantitative estimate of drug-likeness (QED) is 0.796. The van der Waals surface area contributed by atoms with E-state index in [9.17, 15) is 8.78 Å². The van der Waals surface area contributed by atoms with Gasteiger partial charge in [0, 0.05) is 15.5 Å². The van der Waals surface area contributed by atoms with E-state index in [4.69, 9.17) is 11.6 Å². The van der Waals surface area contributed by atoms with Gasteiger partial charge in [0.15, 0.2) is 0 Å². The number of hydrogen-bond donors (Lipinski definition) is 1. The van der Waals surface area contributed by atoms with E-state index in [1.165, 1.54) is 24.3 Å². The number of rotatable bonds is 5. The van der Waals surface area contributed by atoms with Crippen LogP contribution in [0.4, 0.5) is 8.78 Å². The van der Waals surface area contributed by atoms with Crippen LogP contribution in [-0.4, -0.2) is 13.1 Å². The molecule has 1 atom stereocenters. The lowest BCUT2D eigenvalue weighted by atomic mass is 9.99. The fourth-order valence-electron chi connectivity index (χ4n) is 2.19. The molecular formula is C16H15BrClF2N. The Morgan fingerprint density at radius 2 is 1.67 bits per heavy atom. The Labute approximate surface area is 136 Å². The van der Waals surface area contributed by atoms with E-state index < -0.39 is 0 Å². The van der Waals surface area contributed by atoms with E-state index >= 15 is 0 Å². The number of nitrogens with one attached hydrogen (secondary N) is 1. The van der Waals surface area contributed by atoms with Gasteiger partial charge in [-0.2, -0.15) is 0 Å². The molecule has 0 aliphatic carbocycles. The second-order valence-corrected chi connectivity index (χ2v) is 6.13. The third kappa shape index (κ3) is 4.50. The highest BCUT2D eigenvalue weighted by molar-refractivity contribution is 9.10. The van der Waals surface area contributed by atoms with Gasteiger partial charge in [-0.1, -0.05) is 33.6 Å². The van der Waals surface area contributed by atoms with Gasteiger partial charge in [0.2, 0.25) is 0 Å². The molecule has 0 aliphatic heterocycles. The van der Waals surface area contributed by atoms with Gasteiger partial charge in [-0.05, 0) is 61.3 Å². The van der Waals surface area contributed by atoms with E-state index in [1.54, 1.807) is 12.1 Å². The molecule has 112 valence electrons. The molecule has 0 heterocycles. The van der Waals surface area contributed by atoms with Crippen LogP contribution in [0.15, 0.2) is 40.9 Å². The number of benzene rings is 2. The van der Waals surface area contributed by atoms with Crippen molar-refractivity contribution in [2.45, 2.75) is 18.9 Å². The second-order valence-electron chi connectivity index (χ2n) is 4.87. The van der Waals surface area contributed by atoms with Gasteiger partial charge in [0.1, 0.15) is 11.6 Å². The SMILES string of the molecule is CNC(Cc1ccc(F)cc1Cl)Cc1cc(F)ccc1Br. The topological polar surface area (TPSA) is 12.0 Å². The normalized spacial score (nSPS) is 12.4. The summed E-state index contributed by atoms with van der Waals surface area (Å²) in [4.78, 5) is 0. The average Bonchev–Trinajstić information content (AvgIpc) is 2.44. The van der Waals surface area contributed by atoms with E-state index in [2.05, 4.69) is 21.2 Å². The van der Waals surface area contributed by atoms with Crippen molar-refractivity contribution in [2.24, 2.45) is 0 Å². The van der Waals surface area contributed by atoms with Crippen LogP contribution in [0.2, 0.25) is 5.02 Å². The summed E-state index contributed by atoms with van der Waals surface area (Å²) in [7, 11) is 1.84. The minimum atomic E-state index is -0.349. The molecule has 0 saturated heterocycles. The van der Waals surface area contributed by atoms with Crippen LogP contribution in [0.1, 0.15) is 11.1 Å². The molecule has 0 aromatic heterocycles. The van der Waals surface area contributed by atoms with Crippen molar-refractivity contribution in [3.63, 3.8) is 0 Å². The first kappa shape index (κ1) is 16.4. The third-order valence-electron chi connectivity index (χ3n) is 3.36. The van der Waals surface area contributed by atoms with Crippen molar-refractivity contribution in [1.82, 2.24) is 5.32 Å². The Bertz CT molecular complexity index is 634. The zero-order chi connectivity index (χ0) is 15.4. The lowest BCUT2D eigenvalue weighted by molar-refractivity contribution is 0.550. The molecule has 1 nitrogen and oxygen atoms in total. The Morgan fingerprint density at radius 3 is 2.33 bits per heavy atom. The molecule has 0 amide bonds. The van der Waals surface area contributed by atoms with Crippen LogP contribution >= 0.6 is 27.5 Å². The predicted octanol–water partition coefficient (Wildman–Crippen LogP) is 4.75. The number of hydrogen-bond acceptors (Lipinski definition) is 1. The monoisotopic (exact) mass is 373 g/mol. The zero-order valence-corrected chi connectivity index (χ0v) is 13.8. The molecule has 0 saturated carbocycles. The summed E-state index contributed by atoms with van der Waals surface area (Å²) in [5, 5.41) is 3.60. The van der Waals surface area contributed by atoms with Crippen molar-refractivity contribution >= 4 is 27.5 Å². The summed E-state index contributed by atoms with van der Waals surface area (Å²) in [6, 6.07) is 9.09. The molecule has 2 aromatic rings. The molecule has 21 heavy (non-hydrogen) atoms. The fourth-order valence-corrected chi connectivity index (χ4v) is 2.85. The molecule has 5 heteroatoms. The second kappa shape index (κ2) is 7.34. The molecule has 0 bridgehead atoms. The maximum Gasteiger partial charge on any atom is 0.124 e. The minimum Gasteiger partial charge on any atom is -0.316 e. The third-order valence-corrected chi connectivity index (χ3v) is 4.49. The number of halogens is 4. The highest BCUT2D eigenvalue weighted by Gasteiger charge is 2.13. The van der Waals surface area contributed by atoms with E-state index in [0.29, 0.717) is 17.9 Å². The van der Waals surface area contributed by atoms with E-state index in [1.807, 2.05) is 7.05 Å². The van der Waals surface area contributed by atoms with Crippen molar-refractivity contribution in [1.29, 1.82) is 0 Å². The summed E-state index contributed by atoms with van der Waals surface area (Å²) in [6.07, 6.45) is 1.28. The predicted molar refractivity (Wildman–Crippen MR) is 85.8 cm³/mol. The van der Waals surface area contributed by atoms with Crippen molar-refractivity contribution < 1.29 is 8.78 Å². The van der Waals surface area contributed by atoms with Crippen molar-refractivity contribution in [3.05, 3.63) is 68.7 Å². The first-order chi connectivity index (χ1) is 9.99. The largest absolute Gasteiger partial charge is 0.316 e. The molecule has 0 aliphatic rings. The standard InChI is InChI=1S/C16H15BrClF2N/c1-21-14(7-10-2-3-13(20)9-16(10)18)8-11-6-12(19)4-5-15(11)17/h2-6,9,14,21H,7-8H2,1H3. The summed E-state index contributed by atoms with van der Waals surface area (Å²) in [5.41, 5.74) is 1.75. The lowest BCUT2D eigenvalue weighted by Crippen LogP contribution is -2.30. The Morgan fingerprint density at radius 1 is 1.05 bits per heavy atom.